The minimum Gasteiger partial charge on any atom is -0.379 e. The van der Waals surface area contributed by atoms with Gasteiger partial charge < -0.3 is 10.1 Å². The van der Waals surface area contributed by atoms with E-state index in [9.17, 15) is 0 Å². The van der Waals surface area contributed by atoms with Crippen molar-refractivity contribution >= 4 is 0 Å². The molecule has 2 heteroatoms. The van der Waals surface area contributed by atoms with E-state index in [0.717, 1.165) is 32.6 Å². The fourth-order valence-electron chi connectivity index (χ4n) is 2.05. The number of rotatable bonds is 8. The number of hydrogen-bond acceptors (Lipinski definition) is 2. The Morgan fingerprint density at radius 1 is 1.18 bits per heavy atom. The number of hydrogen-bond donors (Lipinski definition) is 1. The van der Waals surface area contributed by atoms with Gasteiger partial charge in [-0.15, -0.1) is 0 Å². The Balaban J connectivity index is 2.73. The summed E-state index contributed by atoms with van der Waals surface area (Å²) in [5.74, 6) is 0. The van der Waals surface area contributed by atoms with Gasteiger partial charge in [-0.2, -0.15) is 0 Å². The Morgan fingerprint density at radius 3 is 2.59 bits per heavy atom. The zero-order valence-corrected chi connectivity index (χ0v) is 11.3. The Morgan fingerprint density at radius 2 is 1.94 bits per heavy atom. The van der Waals surface area contributed by atoms with Gasteiger partial charge in [0.1, 0.15) is 0 Å². The van der Waals surface area contributed by atoms with Gasteiger partial charge in [0.05, 0.1) is 12.6 Å². The molecule has 1 N–H and O–H groups in total. The van der Waals surface area contributed by atoms with Crippen molar-refractivity contribution in [1.82, 2.24) is 5.32 Å². The molecule has 0 radical (unpaired) electrons. The van der Waals surface area contributed by atoms with Crippen LogP contribution in [0, 0.1) is 0 Å². The zero-order chi connectivity index (χ0) is 12.5. The Kier molecular flexibility index (Phi) is 6.90. The maximum absolute atomic E-state index is 5.69. The molecule has 1 rings (SSSR count). The van der Waals surface area contributed by atoms with Crippen molar-refractivity contribution in [2.24, 2.45) is 0 Å². The number of likely N-dealkylation sites (N-methyl/N-ethyl adjacent to an activating group) is 1. The van der Waals surface area contributed by atoms with Crippen LogP contribution in [0.25, 0.3) is 0 Å². The summed E-state index contributed by atoms with van der Waals surface area (Å²) in [7, 11) is 0. The molecule has 1 aromatic carbocycles. The van der Waals surface area contributed by atoms with Crippen LogP contribution in [0.3, 0.4) is 0 Å². The van der Waals surface area contributed by atoms with E-state index in [-0.39, 0.29) is 0 Å². The van der Waals surface area contributed by atoms with Gasteiger partial charge in [0.15, 0.2) is 0 Å². The summed E-state index contributed by atoms with van der Waals surface area (Å²) in [4.78, 5) is 0. The molecule has 0 spiro atoms. The van der Waals surface area contributed by atoms with Gasteiger partial charge in [0, 0.05) is 6.61 Å². The van der Waals surface area contributed by atoms with Gasteiger partial charge in [-0.25, -0.2) is 0 Å². The number of nitrogens with one attached hydrogen (secondary N) is 1. The first-order valence-corrected chi connectivity index (χ1v) is 6.72. The van der Waals surface area contributed by atoms with Crippen LogP contribution in [0.5, 0.6) is 0 Å². The molecule has 0 heterocycles. The first kappa shape index (κ1) is 14.2. The molecule has 0 aliphatic heterocycles. The summed E-state index contributed by atoms with van der Waals surface area (Å²) >= 11 is 0. The smallest absolute Gasteiger partial charge is 0.0661 e. The summed E-state index contributed by atoms with van der Waals surface area (Å²) in [6.45, 7) is 9.06. The van der Waals surface area contributed by atoms with Crippen molar-refractivity contribution in [3.05, 3.63) is 35.4 Å². The third-order valence-electron chi connectivity index (χ3n) is 2.89. The SMILES string of the molecule is CCCOCC(NCC)c1ccccc1CC. The molecule has 0 aromatic heterocycles. The van der Waals surface area contributed by atoms with Gasteiger partial charge in [0.25, 0.3) is 0 Å². The highest BCUT2D eigenvalue weighted by Gasteiger charge is 2.13. The highest BCUT2D eigenvalue weighted by Crippen LogP contribution is 2.19. The van der Waals surface area contributed by atoms with Gasteiger partial charge in [-0.1, -0.05) is 45.0 Å². The highest BCUT2D eigenvalue weighted by molar-refractivity contribution is 5.30. The molecule has 0 amide bonds. The van der Waals surface area contributed by atoms with Gasteiger partial charge in [-0.3, -0.25) is 0 Å². The van der Waals surface area contributed by atoms with E-state index in [4.69, 9.17) is 4.74 Å². The van der Waals surface area contributed by atoms with Crippen LogP contribution in [0.4, 0.5) is 0 Å². The number of benzene rings is 1. The molecular weight excluding hydrogens is 210 g/mol. The van der Waals surface area contributed by atoms with E-state index in [1.54, 1.807) is 0 Å². The van der Waals surface area contributed by atoms with E-state index in [2.05, 4.69) is 50.4 Å². The van der Waals surface area contributed by atoms with Crippen LogP contribution < -0.4 is 5.32 Å². The van der Waals surface area contributed by atoms with Gasteiger partial charge in [-0.05, 0) is 30.5 Å². The van der Waals surface area contributed by atoms with Crippen LogP contribution in [0.1, 0.15) is 44.4 Å². The van der Waals surface area contributed by atoms with E-state index < -0.39 is 0 Å². The topological polar surface area (TPSA) is 21.3 Å². The lowest BCUT2D eigenvalue weighted by Crippen LogP contribution is -2.26. The molecule has 0 aliphatic rings. The zero-order valence-electron chi connectivity index (χ0n) is 11.3. The molecule has 96 valence electrons. The Hall–Kier alpha value is -0.860. The molecule has 2 nitrogen and oxygen atoms in total. The second-order valence-corrected chi connectivity index (χ2v) is 4.24. The van der Waals surface area contributed by atoms with Crippen LogP contribution in [0.15, 0.2) is 24.3 Å². The summed E-state index contributed by atoms with van der Waals surface area (Å²) in [6.07, 6.45) is 2.15. The van der Waals surface area contributed by atoms with Crippen molar-refractivity contribution in [2.75, 3.05) is 19.8 Å². The van der Waals surface area contributed by atoms with Crippen molar-refractivity contribution in [1.29, 1.82) is 0 Å². The number of aryl methyl sites for hydroxylation is 1. The molecule has 1 unspecified atom stereocenters. The normalized spacial score (nSPS) is 12.6. The minimum atomic E-state index is 0.322. The molecule has 17 heavy (non-hydrogen) atoms. The predicted octanol–water partition coefficient (Wildman–Crippen LogP) is 3.33. The lowest BCUT2D eigenvalue weighted by molar-refractivity contribution is 0.112. The monoisotopic (exact) mass is 235 g/mol. The standard InChI is InChI=1S/C15H25NO/c1-4-11-17-12-15(16-6-3)14-10-8-7-9-13(14)5-2/h7-10,15-16H,4-6,11-12H2,1-3H3. The maximum atomic E-state index is 5.69. The molecule has 0 fully saturated rings. The quantitative estimate of drug-likeness (QED) is 0.698. The molecule has 0 bridgehead atoms. The summed E-state index contributed by atoms with van der Waals surface area (Å²) in [6, 6.07) is 8.96. The summed E-state index contributed by atoms with van der Waals surface area (Å²) < 4.78 is 5.69. The number of ether oxygens (including phenoxy) is 1. The van der Waals surface area contributed by atoms with Gasteiger partial charge in [0.2, 0.25) is 0 Å². The van der Waals surface area contributed by atoms with E-state index in [1.165, 1.54) is 11.1 Å². The lowest BCUT2D eigenvalue weighted by Gasteiger charge is -2.21. The van der Waals surface area contributed by atoms with Crippen LogP contribution in [0.2, 0.25) is 0 Å². The molecule has 0 aliphatic carbocycles. The average molecular weight is 235 g/mol. The molecular formula is C15H25NO. The third kappa shape index (κ3) is 4.49. The predicted molar refractivity (Wildman–Crippen MR) is 73.3 cm³/mol. The molecule has 0 saturated heterocycles. The lowest BCUT2D eigenvalue weighted by atomic mass is 9.99. The molecule has 1 atom stereocenters. The molecule has 0 saturated carbocycles. The minimum absolute atomic E-state index is 0.322. The first-order chi connectivity index (χ1) is 8.33. The van der Waals surface area contributed by atoms with E-state index >= 15 is 0 Å². The van der Waals surface area contributed by atoms with Crippen molar-refractivity contribution in [3.63, 3.8) is 0 Å². The second-order valence-electron chi connectivity index (χ2n) is 4.24. The first-order valence-electron chi connectivity index (χ1n) is 6.72. The van der Waals surface area contributed by atoms with Crippen LogP contribution in [-0.4, -0.2) is 19.8 Å². The van der Waals surface area contributed by atoms with Gasteiger partial charge >= 0.3 is 0 Å². The van der Waals surface area contributed by atoms with Crippen LogP contribution >= 0.6 is 0 Å². The van der Waals surface area contributed by atoms with E-state index in [0.29, 0.717) is 6.04 Å². The second kappa shape index (κ2) is 8.26. The maximum Gasteiger partial charge on any atom is 0.0661 e. The highest BCUT2D eigenvalue weighted by atomic mass is 16.5. The molecule has 1 aromatic rings. The van der Waals surface area contributed by atoms with Crippen molar-refractivity contribution in [3.8, 4) is 0 Å². The van der Waals surface area contributed by atoms with E-state index in [1.807, 2.05) is 0 Å². The average Bonchev–Trinajstić information content (AvgIpc) is 2.38. The van der Waals surface area contributed by atoms with Crippen molar-refractivity contribution < 1.29 is 4.74 Å². The third-order valence-corrected chi connectivity index (χ3v) is 2.89. The van der Waals surface area contributed by atoms with Crippen LogP contribution in [-0.2, 0) is 11.2 Å². The fraction of sp³-hybridized carbons (Fsp3) is 0.600. The Labute approximate surface area is 105 Å². The largest absolute Gasteiger partial charge is 0.379 e. The fourth-order valence-corrected chi connectivity index (χ4v) is 2.05. The summed E-state index contributed by atoms with van der Waals surface area (Å²) in [5.41, 5.74) is 2.80. The summed E-state index contributed by atoms with van der Waals surface area (Å²) in [5, 5.41) is 3.51. The van der Waals surface area contributed by atoms with Crippen molar-refractivity contribution in [2.45, 2.75) is 39.7 Å². The Bertz CT molecular complexity index is 312.